The molecule has 0 aliphatic carbocycles. The number of methoxy groups -OCH3 is 1. The predicted octanol–water partition coefficient (Wildman–Crippen LogP) is 5.53. The van der Waals surface area contributed by atoms with Gasteiger partial charge in [0.05, 0.1) is 24.9 Å². The van der Waals surface area contributed by atoms with Crippen molar-refractivity contribution in [2.45, 2.75) is 25.9 Å². The van der Waals surface area contributed by atoms with Gasteiger partial charge in [0.1, 0.15) is 11.4 Å². The molecule has 0 saturated heterocycles. The quantitative estimate of drug-likeness (QED) is 0.365. The third-order valence-electron chi connectivity index (χ3n) is 7.07. The molecule has 6 nitrogen and oxygen atoms in total. The maximum Gasteiger partial charge on any atom is 0.262 e. The Hall–Kier alpha value is -3.32. The van der Waals surface area contributed by atoms with E-state index in [1.165, 1.54) is 11.1 Å². The number of nitrogens with zero attached hydrogens (tertiary/aromatic N) is 3. The van der Waals surface area contributed by atoms with Gasteiger partial charge in [-0.15, -0.1) is 12.4 Å². The highest BCUT2D eigenvalue weighted by Gasteiger charge is 2.33. The summed E-state index contributed by atoms with van der Waals surface area (Å²) in [6.07, 6.45) is 1.74. The Balaban J connectivity index is 0.00000280. The zero-order chi connectivity index (χ0) is 24.6. The SMILES string of the molecule is COc1ccc(Cn2nc(-c3cccc(Cl)c3)c3c2CCN(c2ccc4c(c2)CNCC4)C3=O)cc1.Cl. The number of nitrogens with one attached hydrogen (secondary N) is 1. The predicted molar refractivity (Wildman–Crippen MR) is 149 cm³/mol. The van der Waals surface area contributed by atoms with Crippen LogP contribution in [0.15, 0.2) is 66.7 Å². The van der Waals surface area contributed by atoms with Gasteiger partial charge in [0.2, 0.25) is 0 Å². The fourth-order valence-electron chi connectivity index (χ4n) is 5.18. The molecule has 0 radical (unpaired) electrons. The Labute approximate surface area is 227 Å². The maximum absolute atomic E-state index is 14.0. The van der Waals surface area contributed by atoms with Gasteiger partial charge in [-0.25, -0.2) is 0 Å². The first-order valence-electron chi connectivity index (χ1n) is 12.2. The molecule has 37 heavy (non-hydrogen) atoms. The minimum Gasteiger partial charge on any atom is -0.497 e. The molecule has 0 fully saturated rings. The lowest BCUT2D eigenvalue weighted by Gasteiger charge is -2.29. The van der Waals surface area contributed by atoms with Crippen molar-refractivity contribution in [2.75, 3.05) is 25.1 Å². The molecule has 0 bridgehead atoms. The Bertz CT molecular complexity index is 1450. The van der Waals surface area contributed by atoms with Gasteiger partial charge in [0.15, 0.2) is 0 Å². The van der Waals surface area contributed by atoms with E-state index in [0.29, 0.717) is 29.4 Å². The fraction of sp³-hybridized carbons (Fsp3) is 0.241. The lowest BCUT2D eigenvalue weighted by Crippen LogP contribution is -2.38. The summed E-state index contributed by atoms with van der Waals surface area (Å²) in [6, 6.07) is 21.9. The number of fused-ring (bicyclic) bond motifs is 2. The number of halogens is 2. The van der Waals surface area contributed by atoms with E-state index in [9.17, 15) is 4.79 Å². The van der Waals surface area contributed by atoms with Crippen molar-refractivity contribution in [1.29, 1.82) is 0 Å². The number of rotatable bonds is 5. The van der Waals surface area contributed by atoms with Gasteiger partial charge in [-0.2, -0.15) is 5.10 Å². The number of amides is 1. The van der Waals surface area contributed by atoms with E-state index in [4.69, 9.17) is 21.4 Å². The number of benzene rings is 3. The molecule has 8 heteroatoms. The van der Waals surface area contributed by atoms with Crippen LogP contribution < -0.4 is 15.0 Å². The van der Waals surface area contributed by atoms with Gasteiger partial charge in [0.25, 0.3) is 5.91 Å². The highest BCUT2D eigenvalue weighted by atomic mass is 35.5. The topological polar surface area (TPSA) is 59.4 Å². The normalized spacial score (nSPS) is 14.5. The van der Waals surface area contributed by atoms with E-state index in [2.05, 4.69) is 23.5 Å². The van der Waals surface area contributed by atoms with E-state index < -0.39 is 0 Å². The molecule has 2 aliphatic rings. The Kier molecular flexibility index (Phi) is 7.24. The molecular formula is C29H28Cl2N4O2. The summed E-state index contributed by atoms with van der Waals surface area (Å²) in [6.45, 7) is 3.02. The standard InChI is InChI=1S/C29H27ClN4O2.ClH/c1-36-25-9-5-19(6-10-25)18-34-26-12-14-33(24-8-7-20-11-13-31-17-22(20)16-24)29(35)27(26)28(32-34)21-3-2-4-23(30)15-21;/h2-10,15-16,31H,11-14,17-18H2,1H3;1H. The maximum atomic E-state index is 14.0. The van der Waals surface area contributed by atoms with E-state index in [1.807, 2.05) is 58.1 Å². The second-order valence-corrected chi connectivity index (χ2v) is 9.71. The largest absolute Gasteiger partial charge is 0.497 e. The van der Waals surface area contributed by atoms with Crippen LogP contribution in [0.5, 0.6) is 5.75 Å². The molecule has 0 saturated carbocycles. The molecule has 190 valence electrons. The molecule has 1 amide bonds. The van der Waals surface area contributed by atoms with Crippen molar-refractivity contribution in [2.24, 2.45) is 0 Å². The van der Waals surface area contributed by atoms with E-state index in [-0.39, 0.29) is 18.3 Å². The molecule has 0 atom stereocenters. The van der Waals surface area contributed by atoms with E-state index >= 15 is 0 Å². The summed E-state index contributed by atoms with van der Waals surface area (Å²) < 4.78 is 7.27. The summed E-state index contributed by atoms with van der Waals surface area (Å²) in [7, 11) is 1.66. The van der Waals surface area contributed by atoms with Gasteiger partial charge in [0, 0.05) is 35.8 Å². The number of carbonyl (C=O) groups is 1. The molecule has 3 aromatic carbocycles. The van der Waals surface area contributed by atoms with E-state index in [0.717, 1.165) is 54.2 Å². The minimum atomic E-state index is -0.0177. The molecule has 2 aliphatic heterocycles. The first kappa shape index (κ1) is 25.3. The zero-order valence-electron chi connectivity index (χ0n) is 20.5. The van der Waals surface area contributed by atoms with Crippen LogP contribution in [0.1, 0.15) is 32.7 Å². The average Bonchev–Trinajstić information content (AvgIpc) is 3.28. The minimum absolute atomic E-state index is 0. The van der Waals surface area contributed by atoms with Gasteiger partial charge in [-0.05, 0) is 66.1 Å². The number of aromatic nitrogens is 2. The first-order valence-corrected chi connectivity index (χ1v) is 12.6. The van der Waals surface area contributed by atoms with Crippen LogP contribution in [0.4, 0.5) is 5.69 Å². The van der Waals surface area contributed by atoms with Crippen molar-refractivity contribution in [3.63, 3.8) is 0 Å². The molecule has 0 unspecified atom stereocenters. The van der Waals surface area contributed by atoms with Crippen molar-refractivity contribution in [3.05, 3.63) is 99.7 Å². The van der Waals surface area contributed by atoms with Crippen LogP contribution in [0.2, 0.25) is 5.02 Å². The van der Waals surface area contributed by atoms with Crippen LogP contribution in [0.3, 0.4) is 0 Å². The average molecular weight is 535 g/mol. The molecule has 3 heterocycles. The van der Waals surface area contributed by atoms with Crippen molar-refractivity contribution < 1.29 is 9.53 Å². The summed E-state index contributed by atoms with van der Waals surface area (Å²) in [5.41, 5.74) is 7.79. The lowest BCUT2D eigenvalue weighted by atomic mass is 9.97. The molecule has 0 spiro atoms. The number of carbonyl (C=O) groups excluding carboxylic acids is 1. The highest BCUT2D eigenvalue weighted by Crippen LogP contribution is 2.34. The molecule has 6 rings (SSSR count). The van der Waals surface area contributed by atoms with Crippen molar-refractivity contribution in [1.82, 2.24) is 15.1 Å². The summed E-state index contributed by atoms with van der Waals surface area (Å²) in [5, 5.41) is 9.01. The highest BCUT2D eigenvalue weighted by molar-refractivity contribution is 6.30. The van der Waals surface area contributed by atoms with Crippen LogP contribution in [-0.4, -0.2) is 35.9 Å². The first-order chi connectivity index (χ1) is 17.6. The molecule has 1 aromatic heterocycles. The Morgan fingerprint density at radius 3 is 2.65 bits per heavy atom. The van der Waals surface area contributed by atoms with Gasteiger partial charge in [-0.1, -0.05) is 41.9 Å². The zero-order valence-corrected chi connectivity index (χ0v) is 22.1. The molecule has 1 N–H and O–H groups in total. The Morgan fingerprint density at radius 2 is 1.86 bits per heavy atom. The smallest absolute Gasteiger partial charge is 0.262 e. The number of ether oxygens (including phenoxy) is 1. The monoisotopic (exact) mass is 534 g/mol. The summed E-state index contributed by atoms with van der Waals surface area (Å²) in [5.74, 6) is 0.794. The third-order valence-corrected chi connectivity index (χ3v) is 7.30. The van der Waals surface area contributed by atoms with Crippen LogP contribution in [0.25, 0.3) is 11.3 Å². The van der Waals surface area contributed by atoms with Crippen LogP contribution in [0, 0.1) is 0 Å². The lowest BCUT2D eigenvalue weighted by molar-refractivity contribution is 0.0980. The molecular weight excluding hydrogens is 507 g/mol. The van der Waals surface area contributed by atoms with E-state index in [1.54, 1.807) is 7.11 Å². The van der Waals surface area contributed by atoms with Crippen molar-refractivity contribution >= 4 is 35.6 Å². The van der Waals surface area contributed by atoms with Gasteiger partial charge >= 0.3 is 0 Å². The fourth-order valence-corrected chi connectivity index (χ4v) is 5.37. The number of hydrogen-bond donors (Lipinski definition) is 1. The summed E-state index contributed by atoms with van der Waals surface area (Å²) >= 11 is 6.32. The van der Waals surface area contributed by atoms with Crippen LogP contribution in [-0.2, 0) is 25.9 Å². The van der Waals surface area contributed by atoms with Crippen LogP contribution >= 0.6 is 24.0 Å². The number of anilines is 1. The summed E-state index contributed by atoms with van der Waals surface area (Å²) in [4.78, 5) is 15.9. The second-order valence-electron chi connectivity index (χ2n) is 9.27. The van der Waals surface area contributed by atoms with Crippen molar-refractivity contribution in [3.8, 4) is 17.0 Å². The second kappa shape index (κ2) is 10.6. The Morgan fingerprint density at radius 1 is 1.03 bits per heavy atom. The van der Waals surface area contributed by atoms with Gasteiger partial charge in [-0.3, -0.25) is 9.48 Å². The number of hydrogen-bond acceptors (Lipinski definition) is 4. The van der Waals surface area contributed by atoms with Gasteiger partial charge < -0.3 is 15.0 Å². The third kappa shape index (κ3) is 4.85. The molecule has 4 aromatic rings.